The van der Waals surface area contributed by atoms with E-state index in [0.717, 1.165) is 33.5 Å². The van der Waals surface area contributed by atoms with Crippen molar-refractivity contribution < 1.29 is 9.52 Å². The zero-order chi connectivity index (χ0) is 20.1. The molecule has 0 fully saturated rings. The Hall–Kier alpha value is -3.26. The Morgan fingerprint density at radius 3 is 2.66 bits per heavy atom. The highest BCUT2D eigenvalue weighted by atomic mass is 32.1. The number of oxazole rings is 1. The molecule has 1 aliphatic rings. The highest BCUT2D eigenvalue weighted by molar-refractivity contribution is 7.15. The van der Waals surface area contributed by atoms with E-state index in [9.17, 15) is 5.11 Å². The van der Waals surface area contributed by atoms with Gasteiger partial charge in [-0.1, -0.05) is 0 Å². The van der Waals surface area contributed by atoms with E-state index in [-0.39, 0.29) is 11.8 Å². The van der Waals surface area contributed by atoms with Gasteiger partial charge in [0.2, 0.25) is 0 Å². The van der Waals surface area contributed by atoms with Gasteiger partial charge >= 0.3 is 0 Å². The molecule has 0 amide bonds. The lowest BCUT2D eigenvalue weighted by Gasteiger charge is -2.11. The maximum absolute atomic E-state index is 9.75. The van der Waals surface area contributed by atoms with E-state index in [0.29, 0.717) is 12.3 Å². The summed E-state index contributed by atoms with van der Waals surface area (Å²) in [5.41, 5.74) is 4.09. The fourth-order valence-electron chi connectivity index (χ4n) is 3.66. The number of benzene rings is 1. The second kappa shape index (κ2) is 6.66. The summed E-state index contributed by atoms with van der Waals surface area (Å²) in [6.07, 6.45) is 3.69. The molecule has 4 heterocycles. The number of rotatable bonds is 3. The number of aromatic nitrogens is 4. The minimum absolute atomic E-state index is 0.228. The van der Waals surface area contributed by atoms with E-state index in [1.807, 2.05) is 19.1 Å². The highest BCUT2D eigenvalue weighted by Crippen LogP contribution is 2.39. The summed E-state index contributed by atoms with van der Waals surface area (Å²) in [7, 11) is 0. The Bertz CT molecular complexity index is 1220. The Balaban J connectivity index is 1.78. The van der Waals surface area contributed by atoms with E-state index < -0.39 is 0 Å². The van der Waals surface area contributed by atoms with Gasteiger partial charge in [0.1, 0.15) is 28.9 Å². The van der Waals surface area contributed by atoms with E-state index in [1.54, 1.807) is 35.9 Å². The number of hydrogen-bond donors (Lipinski definition) is 1. The third kappa shape index (κ3) is 2.87. The van der Waals surface area contributed by atoms with Crippen molar-refractivity contribution >= 4 is 17.0 Å². The molecule has 3 aromatic heterocycles. The number of phenols is 1. The third-order valence-electron chi connectivity index (χ3n) is 5.23. The van der Waals surface area contributed by atoms with Gasteiger partial charge in [-0.25, -0.2) is 4.98 Å². The summed E-state index contributed by atoms with van der Waals surface area (Å²) in [6, 6.07) is 6.87. The minimum Gasteiger partial charge on any atom is -0.508 e. The molecule has 0 unspecified atom stereocenters. The molecule has 146 valence electrons. The lowest BCUT2D eigenvalue weighted by Crippen LogP contribution is -2.09. The van der Waals surface area contributed by atoms with Crippen LogP contribution in [-0.4, -0.2) is 30.6 Å². The van der Waals surface area contributed by atoms with Crippen molar-refractivity contribution in [2.24, 2.45) is 4.99 Å². The topological polar surface area (TPSA) is 89.3 Å². The van der Waals surface area contributed by atoms with Crippen LogP contribution >= 0.6 is 11.3 Å². The van der Waals surface area contributed by atoms with E-state index in [1.165, 1.54) is 10.4 Å². The summed E-state index contributed by atoms with van der Waals surface area (Å²) in [6.45, 7) is 6.19. The first-order valence-electron chi connectivity index (χ1n) is 9.31. The van der Waals surface area contributed by atoms with Crippen LogP contribution in [0.5, 0.6) is 5.75 Å². The van der Waals surface area contributed by atoms with Crippen LogP contribution in [0.1, 0.15) is 45.1 Å². The standard InChI is InChI=1S/C21H19N5O2S/c1-11-12(2)29-21-18(11)19(14-4-6-15(27)7-5-14)23-16(10-17-22-8-9-28-17)20-25-24-13(3)26(20)21/h4-9,16,27H,10H2,1-3H3/t16-/m0/s1. The number of aryl methyl sites for hydroxylation is 2. The molecule has 4 aromatic rings. The second-order valence-electron chi connectivity index (χ2n) is 7.07. The van der Waals surface area contributed by atoms with Crippen molar-refractivity contribution in [2.45, 2.75) is 33.2 Å². The third-order valence-corrected chi connectivity index (χ3v) is 6.42. The van der Waals surface area contributed by atoms with Crippen molar-refractivity contribution in [2.75, 3.05) is 0 Å². The number of aliphatic imine (C=N–C) groups is 1. The van der Waals surface area contributed by atoms with Gasteiger partial charge < -0.3 is 9.52 Å². The Morgan fingerprint density at radius 2 is 1.93 bits per heavy atom. The fraction of sp³-hybridized carbons (Fsp3) is 0.238. The summed E-state index contributed by atoms with van der Waals surface area (Å²) in [4.78, 5) is 10.6. The Kier molecular flexibility index (Phi) is 4.09. The van der Waals surface area contributed by atoms with Crippen molar-refractivity contribution in [3.63, 3.8) is 0 Å². The molecule has 8 heteroatoms. The van der Waals surface area contributed by atoms with Gasteiger partial charge in [0.05, 0.1) is 18.3 Å². The van der Waals surface area contributed by atoms with Crippen LogP contribution in [0.4, 0.5) is 0 Å². The van der Waals surface area contributed by atoms with Crippen LogP contribution in [0, 0.1) is 20.8 Å². The molecule has 7 nitrogen and oxygen atoms in total. The molecule has 1 aliphatic heterocycles. The van der Waals surface area contributed by atoms with Gasteiger partial charge in [0.25, 0.3) is 0 Å². The predicted octanol–water partition coefficient (Wildman–Crippen LogP) is 4.08. The normalized spacial score (nSPS) is 15.6. The Labute approximate surface area is 171 Å². The molecule has 29 heavy (non-hydrogen) atoms. The highest BCUT2D eigenvalue weighted by Gasteiger charge is 2.32. The largest absolute Gasteiger partial charge is 0.508 e. The molecule has 1 N–H and O–H groups in total. The zero-order valence-corrected chi connectivity index (χ0v) is 17.1. The van der Waals surface area contributed by atoms with Crippen LogP contribution in [-0.2, 0) is 6.42 Å². The number of aromatic hydroxyl groups is 1. The van der Waals surface area contributed by atoms with Crippen LogP contribution in [0.25, 0.3) is 5.00 Å². The van der Waals surface area contributed by atoms with E-state index >= 15 is 0 Å². The van der Waals surface area contributed by atoms with Gasteiger partial charge in [-0.15, -0.1) is 21.5 Å². The summed E-state index contributed by atoms with van der Waals surface area (Å²) < 4.78 is 7.59. The predicted molar refractivity (Wildman–Crippen MR) is 110 cm³/mol. The number of fused-ring (bicyclic) bond motifs is 3. The molecule has 0 aliphatic carbocycles. The molecule has 0 saturated carbocycles. The smallest absolute Gasteiger partial charge is 0.196 e. The molecule has 0 bridgehead atoms. The van der Waals surface area contributed by atoms with Crippen LogP contribution < -0.4 is 0 Å². The van der Waals surface area contributed by atoms with Crippen molar-refractivity contribution in [1.29, 1.82) is 0 Å². The van der Waals surface area contributed by atoms with Gasteiger partial charge in [0, 0.05) is 16.0 Å². The van der Waals surface area contributed by atoms with Crippen molar-refractivity contribution in [3.05, 3.63) is 75.8 Å². The average Bonchev–Trinajstić information content (AvgIpc) is 3.39. The molecular weight excluding hydrogens is 386 g/mol. The molecular formula is C21H19N5O2S. The first-order chi connectivity index (χ1) is 14.0. The van der Waals surface area contributed by atoms with Gasteiger partial charge in [-0.3, -0.25) is 9.56 Å². The SMILES string of the molecule is Cc1sc2c(c1C)C(c1ccc(O)cc1)=N[C@@H](Cc1ncco1)c1nnc(C)n1-2. The first kappa shape index (κ1) is 17.8. The number of nitrogens with zero attached hydrogens (tertiary/aromatic N) is 5. The van der Waals surface area contributed by atoms with Gasteiger partial charge in [0.15, 0.2) is 11.7 Å². The van der Waals surface area contributed by atoms with Crippen molar-refractivity contribution in [3.8, 4) is 10.8 Å². The lowest BCUT2D eigenvalue weighted by molar-refractivity contribution is 0.467. The molecule has 1 aromatic carbocycles. The zero-order valence-electron chi connectivity index (χ0n) is 16.2. The summed E-state index contributed by atoms with van der Waals surface area (Å²) in [5.74, 6) is 2.43. The van der Waals surface area contributed by atoms with Gasteiger partial charge in [-0.2, -0.15) is 0 Å². The molecule has 1 atom stereocenters. The molecule has 0 spiro atoms. The second-order valence-corrected chi connectivity index (χ2v) is 8.28. The molecule has 5 rings (SSSR count). The minimum atomic E-state index is -0.294. The number of hydrogen-bond acceptors (Lipinski definition) is 7. The molecule has 0 radical (unpaired) electrons. The number of thiophene rings is 1. The maximum Gasteiger partial charge on any atom is 0.196 e. The maximum atomic E-state index is 9.75. The lowest BCUT2D eigenvalue weighted by atomic mass is 9.99. The van der Waals surface area contributed by atoms with Crippen LogP contribution in [0.15, 0.2) is 46.1 Å². The van der Waals surface area contributed by atoms with Crippen LogP contribution in [0.3, 0.4) is 0 Å². The summed E-state index contributed by atoms with van der Waals surface area (Å²) >= 11 is 1.72. The fourth-order valence-corrected chi connectivity index (χ4v) is 4.88. The van der Waals surface area contributed by atoms with E-state index in [2.05, 4.69) is 33.6 Å². The quantitative estimate of drug-likeness (QED) is 0.555. The monoisotopic (exact) mass is 405 g/mol. The summed E-state index contributed by atoms with van der Waals surface area (Å²) in [5, 5.41) is 19.6. The van der Waals surface area contributed by atoms with Crippen LogP contribution in [0.2, 0.25) is 0 Å². The first-order valence-corrected chi connectivity index (χ1v) is 10.1. The Morgan fingerprint density at radius 1 is 1.14 bits per heavy atom. The average molecular weight is 405 g/mol. The molecule has 0 saturated heterocycles. The van der Waals surface area contributed by atoms with Crippen molar-refractivity contribution in [1.82, 2.24) is 19.7 Å². The number of phenolic OH excluding ortho intramolecular Hbond substituents is 1. The van der Waals surface area contributed by atoms with Gasteiger partial charge in [-0.05, 0) is 50.6 Å². The van der Waals surface area contributed by atoms with E-state index in [4.69, 9.17) is 9.41 Å².